The molecule has 0 saturated heterocycles. The molecule has 0 spiro atoms. The summed E-state index contributed by atoms with van der Waals surface area (Å²) in [5.41, 5.74) is 4.51. The lowest BCUT2D eigenvalue weighted by atomic mass is 9.99. The van der Waals surface area contributed by atoms with Crippen molar-refractivity contribution in [3.05, 3.63) is 89.5 Å². The highest BCUT2D eigenvalue weighted by atomic mass is 32.2. The van der Waals surface area contributed by atoms with Crippen molar-refractivity contribution < 1.29 is 13.2 Å². The first-order chi connectivity index (χ1) is 14.9. The number of carbonyl (C=O) groups excluding carboxylic acids is 1. The smallest absolute Gasteiger partial charge is 0.261 e. The Morgan fingerprint density at radius 3 is 2.48 bits per heavy atom. The molecule has 1 heterocycles. The van der Waals surface area contributed by atoms with Crippen LogP contribution in [0, 0.1) is 0 Å². The Labute approximate surface area is 183 Å². The minimum Gasteiger partial charge on any atom is -0.374 e. The van der Waals surface area contributed by atoms with E-state index in [0.717, 1.165) is 24.9 Å². The van der Waals surface area contributed by atoms with E-state index in [4.69, 9.17) is 0 Å². The number of anilines is 2. The normalized spacial score (nSPS) is 13.4. The molecule has 0 bridgehead atoms. The zero-order valence-electron chi connectivity index (χ0n) is 17.3. The standard InChI is InChI=1S/C24H25N3O3S/c1-27-15-5-6-20-16-18(9-14-23(20)27)17-25-24(28)19-10-12-21(13-11-19)26-31(29,30)22-7-3-2-4-8-22/h2-4,7-14,16,26H,5-6,15,17H2,1H3,(H,25,28). The molecule has 1 aliphatic heterocycles. The van der Waals surface area contributed by atoms with E-state index in [1.807, 2.05) is 6.07 Å². The molecular weight excluding hydrogens is 410 g/mol. The van der Waals surface area contributed by atoms with Gasteiger partial charge in [0.25, 0.3) is 15.9 Å². The van der Waals surface area contributed by atoms with E-state index in [-0.39, 0.29) is 10.8 Å². The van der Waals surface area contributed by atoms with Gasteiger partial charge >= 0.3 is 0 Å². The third-order valence-corrected chi connectivity index (χ3v) is 6.80. The van der Waals surface area contributed by atoms with Crippen molar-refractivity contribution >= 4 is 27.3 Å². The maximum absolute atomic E-state index is 12.5. The van der Waals surface area contributed by atoms with Gasteiger partial charge in [-0.1, -0.05) is 30.3 Å². The van der Waals surface area contributed by atoms with Gasteiger partial charge in [0, 0.05) is 37.1 Å². The van der Waals surface area contributed by atoms with Crippen LogP contribution in [0.4, 0.5) is 11.4 Å². The molecule has 160 valence electrons. The van der Waals surface area contributed by atoms with Crippen molar-refractivity contribution in [1.29, 1.82) is 0 Å². The molecule has 1 amide bonds. The summed E-state index contributed by atoms with van der Waals surface area (Å²) in [5, 5.41) is 2.94. The summed E-state index contributed by atoms with van der Waals surface area (Å²) in [6, 6.07) is 20.9. The predicted molar refractivity (Wildman–Crippen MR) is 123 cm³/mol. The predicted octanol–water partition coefficient (Wildman–Crippen LogP) is 3.80. The topological polar surface area (TPSA) is 78.5 Å². The van der Waals surface area contributed by atoms with Crippen LogP contribution in [0.5, 0.6) is 0 Å². The van der Waals surface area contributed by atoms with E-state index in [1.165, 1.54) is 23.4 Å². The van der Waals surface area contributed by atoms with Gasteiger partial charge < -0.3 is 10.2 Å². The maximum Gasteiger partial charge on any atom is 0.261 e. The van der Waals surface area contributed by atoms with Crippen LogP contribution in [0.25, 0.3) is 0 Å². The quantitative estimate of drug-likeness (QED) is 0.617. The first kappa shape index (κ1) is 20.9. The summed E-state index contributed by atoms with van der Waals surface area (Å²) in [5.74, 6) is -0.202. The highest BCUT2D eigenvalue weighted by Gasteiger charge is 2.15. The number of nitrogens with one attached hydrogen (secondary N) is 2. The van der Waals surface area contributed by atoms with E-state index < -0.39 is 10.0 Å². The lowest BCUT2D eigenvalue weighted by Crippen LogP contribution is -2.25. The van der Waals surface area contributed by atoms with Crippen LogP contribution < -0.4 is 14.9 Å². The number of nitrogens with zero attached hydrogens (tertiary/aromatic N) is 1. The third-order valence-electron chi connectivity index (χ3n) is 5.40. The summed E-state index contributed by atoms with van der Waals surface area (Å²) in [6.45, 7) is 1.51. The molecule has 3 aromatic carbocycles. The van der Waals surface area contributed by atoms with Gasteiger partial charge in [0.05, 0.1) is 4.90 Å². The number of benzene rings is 3. The molecule has 7 heteroatoms. The first-order valence-corrected chi connectivity index (χ1v) is 11.7. The number of hydrogen-bond acceptors (Lipinski definition) is 4. The van der Waals surface area contributed by atoms with Crippen LogP contribution >= 0.6 is 0 Å². The average molecular weight is 436 g/mol. The van der Waals surface area contributed by atoms with E-state index in [9.17, 15) is 13.2 Å². The summed E-state index contributed by atoms with van der Waals surface area (Å²) in [4.78, 5) is 15.0. The van der Waals surface area contributed by atoms with Crippen LogP contribution in [-0.4, -0.2) is 27.9 Å². The van der Waals surface area contributed by atoms with Crippen LogP contribution in [0.3, 0.4) is 0 Å². The second-order valence-corrected chi connectivity index (χ2v) is 9.35. The molecule has 0 saturated carbocycles. The Kier molecular flexibility index (Phi) is 5.95. The second kappa shape index (κ2) is 8.81. The molecule has 0 aromatic heterocycles. The number of amides is 1. The van der Waals surface area contributed by atoms with Crippen LogP contribution in [0.1, 0.15) is 27.9 Å². The van der Waals surface area contributed by atoms with Gasteiger partial charge in [-0.05, 0) is 66.4 Å². The Morgan fingerprint density at radius 2 is 1.74 bits per heavy atom. The fourth-order valence-electron chi connectivity index (χ4n) is 3.74. The van der Waals surface area contributed by atoms with Gasteiger partial charge in [-0.25, -0.2) is 8.42 Å². The van der Waals surface area contributed by atoms with Gasteiger partial charge in [-0.15, -0.1) is 0 Å². The molecule has 3 aromatic rings. The van der Waals surface area contributed by atoms with Crippen molar-refractivity contribution in [3.8, 4) is 0 Å². The molecule has 0 unspecified atom stereocenters. The molecule has 0 atom stereocenters. The van der Waals surface area contributed by atoms with Gasteiger partial charge in [0.15, 0.2) is 0 Å². The van der Waals surface area contributed by atoms with Crippen molar-refractivity contribution in [2.24, 2.45) is 0 Å². The summed E-state index contributed by atoms with van der Waals surface area (Å²) < 4.78 is 27.3. The second-order valence-electron chi connectivity index (χ2n) is 7.67. The Balaban J connectivity index is 1.38. The number of rotatable bonds is 6. The van der Waals surface area contributed by atoms with Crippen LogP contribution in [-0.2, 0) is 23.0 Å². The number of hydrogen-bond donors (Lipinski definition) is 2. The maximum atomic E-state index is 12.5. The average Bonchev–Trinajstić information content (AvgIpc) is 2.78. The van der Waals surface area contributed by atoms with Gasteiger partial charge in [0.2, 0.25) is 0 Å². The lowest BCUT2D eigenvalue weighted by Gasteiger charge is -2.27. The minimum absolute atomic E-state index is 0.188. The fraction of sp³-hybridized carbons (Fsp3) is 0.208. The van der Waals surface area contributed by atoms with E-state index >= 15 is 0 Å². The van der Waals surface area contributed by atoms with E-state index in [1.54, 1.807) is 42.5 Å². The van der Waals surface area contributed by atoms with E-state index in [0.29, 0.717) is 17.8 Å². The molecule has 2 N–H and O–H groups in total. The van der Waals surface area contributed by atoms with Gasteiger partial charge in [-0.2, -0.15) is 0 Å². The lowest BCUT2D eigenvalue weighted by molar-refractivity contribution is 0.0951. The summed E-state index contributed by atoms with van der Waals surface area (Å²) in [7, 11) is -1.56. The van der Waals surface area contributed by atoms with Crippen molar-refractivity contribution in [2.45, 2.75) is 24.3 Å². The molecular formula is C24H25N3O3S. The van der Waals surface area contributed by atoms with Crippen molar-refractivity contribution in [1.82, 2.24) is 5.32 Å². The largest absolute Gasteiger partial charge is 0.374 e. The fourth-order valence-corrected chi connectivity index (χ4v) is 4.82. The van der Waals surface area contributed by atoms with Crippen molar-refractivity contribution in [2.75, 3.05) is 23.2 Å². The molecule has 4 rings (SSSR count). The third kappa shape index (κ3) is 4.88. The molecule has 1 aliphatic rings. The first-order valence-electron chi connectivity index (χ1n) is 10.2. The Bertz CT molecular complexity index is 1180. The molecule has 6 nitrogen and oxygen atoms in total. The number of aryl methyl sites for hydroxylation is 1. The van der Waals surface area contributed by atoms with Crippen LogP contribution in [0.2, 0.25) is 0 Å². The Morgan fingerprint density at radius 1 is 1.00 bits per heavy atom. The number of fused-ring (bicyclic) bond motifs is 1. The molecule has 31 heavy (non-hydrogen) atoms. The highest BCUT2D eigenvalue weighted by Crippen LogP contribution is 2.26. The minimum atomic E-state index is -3.66. The van der Waals surface area contributed by atoms with Gasteiger partial charge in [-0.3, -0.25) is 9.52 Å². The summed E-state index contributed by atoms with van der Waals surface area (Å²) >= 11 is 0. The number of sulfonamides is 1. The summed E-state index contributed by atoms with van der Waals surface area (Å²) in [6.07, 6.45) is 2.20. The molecule has 0 radical (unpaired) electrons. The molecule has 0 aliphatic carbocycles. The van der Waals surface area contributed by atoms with Gasteiger partial charge in [0.1, 0.15) is 0 Å². The SMILES string of the molecule is CN1CCCc2cc(CNC(=O)c3ccc(NS(=O)(=O)c4ccccc4)cc3)ccc21. The van der Waals surface area contributed by atoms with E-state index in [2.05, 4.69) is 34.1 Å². The number of carbonyl (C=O) groups is 1. The van der Waals surface area contributed by atoms with Crippen molar-refractivity contribution in [3.63, 3.8) is 0 Å². The monoisotopic (exact) mass is 435 g/mol. The zero-order chi connectivity index (χ0) is 21.8. The zero-order valence-corrected chi connectivity index (χ0v) is 18.2. The Hall–Kier alpha value is -3.32. The van der Waals surface area contributed by atoms with Crippen LogP contribution in [0.15, 0.2) is 77.7 Å². The molecule has 0 fully saturated rings. The highest BCUT2D eigenvalue weighted by molar-refractivity contribution is 7.92.